The van der Waals surface area contributed by atoms with Crippen molar-refractivity contribution < 1.29 is 9.15 Å². The molecule has 0 radical (unpaired) electrons. The number of hydrogen-bond acceptors (Lipinski definition) is 4. The van der Waals surface area contributed by atoms with E-state index in [0.29, 0.717) is 0 Å². The van der Waals surface area contributed by atoms with Crippen molar-refractivity contribution in [1.29, 1.82) is 0 Å². The largest absolute Gasteiger partial charge is 0.465 e. The summed E-state index contributed by atoms with van der Waals surface area (Å²) >= 11 is 0. The molecule has 0 unspecified atom stereocenters. The van der Waals surface area contributed by atoms with Gasteiger partial charge in [-0.3, -0.25) is 0 Å². The molecule has 1 heterocycles. The molecule has 0 amide bonds. The number of aryl methyl sites for hydroxylation is 1. The standard InChI is InChI=1S/C16H30N2O2/c1-13-14(12-18(5)8-7-9-19-6)10-15(20-13)11-17-16(2,3)4/h10,17H,7-9,11-12H2,1-6H3. The minimum absolute atomic E-state index is 0.109. The number of ether oxygens (including phenoxy) is 1. The monoisotopic (exact) mass is 282 g/mol. The molecule has 116 valence electrons. The number of rotatable bonds is 8. The topological polar surface area (TPSA) is 37.6 Å². The Morgan fingerprint density at radius 3 is 2.65 bits per heavy atom. The summed E-state index contributed by atoms with van der Waals surface area (Å²) in [4.78, 5) is 2.30. The molecule has 0 fully saturated rings. The van der Waals surface area contributed by atoms with Crippen molar-refractivity contribution >= 4 is 0 Å². The molecule has 0 aromatic carbocycles. The summed E-state index contributed by atoms with van der Waals surface area (Å²) in [5.41, 5.74) is 1.38. The van der Waals surface area contributed by atoms with E-state index in [4.69, 9.17) is 9.15 Å². The minimum atomic E-state index is 0.109. The van der Waals surface area contributed by atoms with E-state index in [2.05, 4.69) is 44.1 Å². The molecule has 4 heteroatoms. The van der Waals surface area contributed by atoms with E-state index in [1.165, 1.54) is 5.56 Å². The molecule has 1 N–H and O–H groups in total. The second kappa shape index (κ2) is 7.81. The van der Waals surface area contributed by atoms with Crippen molar-refractivity contribution in [2.75, 3.05) is 27.3 Å². The molecule has 0 saturated heterocycles. The van der Waals surface area contributed by atoms with Crippen LogP contribution in [0.5, 0.6) is 0 Å². The summed E-state index contributed by atoms with van der Waals surface area (Å²) in [5.74, 6) is 2.03. The first-order chi connectivity index (χ1) is 9.31. The maximum Gasteiger partial charge on any atom is 0.118 e. The summed E-state index contributed by atoms with van der Waals surface area (Å²) in [6, 6.07) is 2.17. The fourth-order valence-electron chi connectivity index (χ4n) is 2.03. The van der Waals surface area contributed by atoms with Crippen molar-refractivity contribution in [3.8, 4) is 0 Å². The van der Waals surface area contributed by atoms with Crippen molar-refractivity contribution in [1.82, 2.24) is 10.2 Å². The Morgan fingerprint density at radius 2 is 2.05 bits per heavy atom. The summed E-state index contributed by atoms with van der Waals surface area (Å²) in [5, 5.41) is 3.45. The van der Waals surface area contributed by atoms with Crippen LogP contribution in [0.4, 0.5) is 0 Å². The van der Waals surface area contributed by atoms with E-state index in [0.717, 1.165) is 44.2 Å². The van der Waals surface area contributed by atoms with Gasteiger partial charge in [0.25, 0.3) is 0 Å². The molecule has 0 saturated carbocycles. The maximum absolute atomic E-state index is 5.82. The van der Waals surface area contributed by atoms with Crippen LogP contribution in [0.2, 0.25) is 0 Å². The molecule has 1 rings (SSSR count). The van der Waals surface area contributed by atoms with Gasteiger partial charge in [0.15, 0.2) is 0 Å². The molecule has 1 aromatic rings. The summed E-state index contributed by atoms with van der Waals surface area (Å²) < 4.78 is 10.9. The Hall–Kier alpha value is -0.840. The third-order valence-corrected chi connectivity index (χ3v) is 3.19. The number of furan rings is 1. The Labute approximate surface area is 123 Å². The first-order valence-electron chi connectivity index (χ1n) is 7.32. The van der Waals surface area contributed by atoms with Crippen LogP contribution >= 0.6 is 0 Å². The van der Waals surface area contributed by atoms with E-state index in [1.807, 2.05) is 6.92 Å². The van der Waals surface area contributed by atoms with Crippen LogP contribution in [0.1, 0.15) is 44.3 Å². The quantitative estimate of drug-likeness (QED) is 0.744. The lowest BCUT2D eigenvalue weighted by Gasteiger charge is -2.19. The molecule has 4 nitrogen and oxygen atoms in total. The van der Waals surface area contributed by atoms with Crippen LogP contribution in [0.15, 0.2) is 10.5 Å². The maximum atomic E-state index is 5.82. The summed E-state index contributed by atoms with van der Waals surface area (Å²) in [6.45, 7) is 12.1. The molecule has 0 bridgehead atoms. The molecule has 0 spiro atoms. The van der Waals surface area contributed by atoms with Gasteiger partial charge in [-0.05, 0) is 47.2 Å². The van der Waals surface area contributed by atoms with Crippen LogP contribution in [0.3, 0.4) is 0 Å². The smallest absolute Gasteiger partial charge is 0.118 e. The Kier molecular flexibility index (Phi) is 6.72. The third kappa shape index (κ3) is 6.55. The van der Waals surface area contributed by atoms with Crippen molar-refractivity contribution in [3.05, 3.63) is 23.2 Å². The van der Waals surface area contributed by atoms with Gasteiger partial charge in [-0.2, -0.15) is 0 Å². The fraction of sp³-hybridized carbons (Fsp3) is 0.750. The number of methoxy groups -OCH3 is 1. The molecule has 1 aromatic heterocycles. The molecule has 0 atom stereocenters. The highest BCUT2D eigenvalue weighted by Crippen LogP contribution is 2.17. The number of nitrogens with zero attached hydrogens (tertiary/aromatic N) is 1. The SMILES string of the molecule is COCCCN(C)Cc1cc(CNC(C)(C)C)oc1C. The second-order valence-corrected chi connectivity index (χ2v) is 6.48. The highest BCUT2D eigenvalue weighted by molar-refractivity contribution is 5.20. The molecule has 0 aliphatic heterocycles. The van der Waals surface area contributed by atoms with Gasteiger partial charge in [0.05, 0.1) is 6.54 Å². The van der Waals surface area contributed by atoms with Crippen LogP contribution in [-0.4, -0.2) is 37.7 Å². The van der Waals surface area contributed by atoms with Gasteiger partial charge in [-0.1, -0.05) is 0 Å². The fourth-order valence-corrected chi connectivity index (χ4v) is 2.03. The highest BCUT2D eigenvalue weighted by Gasteiger charge is 2.13. The van der Waals surface area contributed by atoms with E-state index in [1.54, 1.807) is 7.11 Å². The number of nitrogens with one attached hydrogen (secondary N) is 1. The molecular weight excluding hydrogens is 252 g/mol. The predicted octanol–water partition coefficient (Wildman–Crippen LogP) is 2.94. The normalized spacial score (nSPS) is 12.3. The van der Waals surface area contributed by atoms with Crippen molar-refractivity contribution in [2.45, 2.75) is 52.7 Å². The van der Waals surface area contributed by atoms with E-state index in [9.17, 15) is 0 Å². The van der Waals surface area contributed by atoms with Crippen molar-refractivity contribution in [3.63, 3.8) is 0 Å². The zero-order valence-electron chi connectivity index (χ0n) is 13.9. The van der Waals surface area contributed by atoms with Gasteiger partial charge in [0.1, 0.15) is 11.5 Å². The number of hydrogen-bond donors (Lipinski definition) is 1. The Morgan fingerprint density at radius 1 is 1.35 bits per heavy atom. The third-order valence-electron chi connectivity index (χ3n) is 3.19. The van der Waals surface area contributed by atoms with Gasteiger partial charge in [0, 0.05) is 37.9 Å². The lowest BCUT2D eigenvalue weighted by molar-refractivity contribution is 0.178. The lowest BCUT2D eigenvalue weighted by Crippen LogP contribution is -2.34. The van der Waals surface area contributed by atoms with Crippen LogP contribution in [0, 0.1) is 6.92 Å². The van der Waals surface area contributed by atoms with Gasteiger partial charge in [-0.25, -0.2) is 0 Å². The average molecular weight is 282 g/mol. The molecule has 0 aliphatic carbocycles. The zero-order chi connectivity index (χ0) is 15.2. The first-order valence-corrected chi connectivity index (χ1v) is 7.32. The van der Waals surface area contributed by atoms with Gasteiger partial charge in [0.2, 0.25) is 0 Å². The van der Waals surface area contributed by atoms with E-state index >= 15 is 0 Å². The minimum Gasteiger partial charge on any atom is -0.465 e. The molecule has 0 aliphatic rings. The first kappa shape index (κ1) is 17.2. The van der Waals surface area contributed by atoms with Crippen LogP contribution in [-0.2, 0) is 17.8 Å². The van der Waals surface area contributed by atoms with Crippen LogP contribution < -0.4 is 5.32 Å². The zero-order valence-corrected chi connectivity index (χ0v) is 13.9. The van der Waals surface area contributed by atoms with Crippen molar-refractivity contribution in [2.24, 2.45) is 0 Å². The molecular formula is C16H30N2O2. The van der Waals surface area contributed by atoms with Gasteiger partial charge in [-0.15, -0.1) is 0 Å². The predicted molar refractivity (Wildman–Crippen MR) is 82.9 cm³/mol. The van der Waals surface area contributed by atoms with Crippen LogP contribution in [0.25, 0.3) is 0 Å². The Bertz CT molecular complexity index is 394. The van der Waals surface area contributed by atoms with Gasteiger partial charge >= 0.3 is 0 Å². The lowest BCUT2D eigenvalue weighted by atomic mass is 10.1. The van der Waals surface area contributed by atoms with Gasteiger partial charge < -0.3 is 19.4 Å². The highest BCUT2D eigenvalue weighted by atomic mass is 16.5. The Balaban J connectivity index is 2.48. The average Bonchev–Trinajstić information content (AvgIpc) is 2.67. The summed E-state index contributed by atoms with van der Waals surface area (Å²) in [7, 11) is 3.88. The summed E-state index contributed by atoms with van der Waals surface area (Å²) in [6.07, 6.45) is 1.06. The molecule has 20 heavy (non-hydrogen) atoms. The second-order valence-electron chi connectivity index (χ2n) is 6.48. The van der Waals surface area contributed by atoms with E-state index in [-0.39, 0.29) is 5.54 Å². The van der Waals surface area contributed by atoms with E-state index < -0.39 is 0 Å².